The Kier molecular flexibility index (Phi) is 2.72. The normalized spacial score (nSPS) is 12.2. The molecule has 0 aliphatic rings. The van der Waals surface area contributed by atoms with E-state index in [0.29, 0.717) is 0 Å². The van der Waals surface area contributed by atoms with Crippen molar-refractivity contribution in [3.05, 3.63) is 34.4 Å². The first-order valence-electron chi connectivity index (χ1n) is 4.53. The van der Waals surface area contributed by atoms with Crippen LogP contribution in [0.5, 0.6) is 0 Å². The predicted molar refractivity (Wildman–Crippen MR) is 54.7 cm³/mol. The van der Waals surface area contributed by atoms with Crippen LogP contribution in [0.2, 0.25) is 0 Å². The minimum atomic E-state index is -0.000648. The summed E-state index contributed by atoms with van der Waals surface area (Å²) < 4.78 is 0. The molecule has 0 radical (unpaired) electrons. The molecule has 0 aromatic heterocycles. The van der Waals surface area contributed by atoms with E-state index in [2.05, 4.69) is 39.0 Å². The Morgan fingerprint density at radius 2 is 1.62 bits per heavy atom. The quantitative estimate of drug-likeness (QED) is 0.639. The van der Waals surface area contributed by atoms with E-state index in [-0.39, 0.29) is 5.92 Å². The summed E-state index contributed by atoms with van der Waals surface area (Å²) in [6, 6.07) is 6.54. The van der Waals surface area contributed by atoms with Crippen LogP contribution in [0.25, 0.3) is 0 Å². The van der Waals surface area contributed by atoms with Gasteiger partial charge in [-0.1, -0.05) is 12.1 Å². The van der Waals surface area contributed by atoms with Gasteiger partial charge in [0, 0.05) is 0 Å². The van der Waals surface area contributed by atoms with Gasteiger partial charge < -0.3 is 0 Å². The fourth-order valence-electron chi connectivity index (χ4n) is 1.52. The molecule has 0 N–H and O–H groups in total. The lowest BCUT2D eigenvalue weighted by atomic mass is 9.93. The molecule has 0 bridgehead atoms. The van der Waals surface area contributed by atoms with Gasteiger partial charge in [-0.15, -0.1) is 0 Å². The molecule has 0 aliphatic heterocycles. The van der Waals surface area contributed by atoms with Crippen LogP contribution in [-0.4, -0.2) is 0 Å². The van der Waals surface area contributed by atoms with Crippen LogP contribution in [0.1, 0.15) is 35.1 Å². The van der Waals surface area contributed by atoms with Crippen molar-refractivity contribution in [2.45, 2.75) is 33.6 Å². The van der Waals surface area contributed by atoms with Gasteiger partial charge >= 0.3 is 0 Å². The average molecular weight is 173 g/mol. The third kappa shape index (κ3) is 1.89. The second-order valence-electron chi connectivity index (χ2n) is 3.64. The molecule has 1 unspecified atom stereocenters. The highest BCUT2D eigenvalue weighted by Gasteiger charge is 2.08. The molecule has 1 nitrogen and oxygen atoms in total. The lowest BCUT2D eigenvalue weighted by molar-refractivity contribution is 0.960. The zero-order chi connectivity index (χ0) is 10.0. The topological polar surface area (TPSA) is 23.8 Å². The third-order valence-electron chi connectivity index (χ3n) is 2.54. The van der Waals surface area contributed by atoms with Gasteiger partial charge in [0.05, 0.1) is 12.0 Å². The first kappa shape index (κ1) is 9.80. The molecule has 68 valence electrons. The van der Waals surface area contributed by atoms with Gasteiger partial charge in [0.1, 0.15) is 0 Å². The van der Waals surface area contributed by atoms with Gasteiger partial charge in [-0.25, -0.2) is 0 Å². The van der Waals surface area contributed by atoms with Gasteiger partial charge in [-0.3, -0.25) is 0 Å². The van der Waals surface area contributed by atoms with Crippen molar-refractivity contribution in [3.63, 3.8) is 0 Å². The van der Waals surface area contributed by atoms with Gasteiger partial charge in [-0.2, -0.15) is 5.26 Å². The molecule has 1 heteroatoms. The largest absolute Gasteiger partial charge is 0.198 e. The summed E-state index contributed by atoms with van der Waals surface area (Å²) in [4.78, 5) is 0. The van der Waals surface area contributed by atoms with Crippen LogP contribution >= 0.6 is 0 Å². The Morgan fingerprint density at radius 3 is 2.15 bits per heavy atom. The molecule has 0 heterocycles. The van der Waals surface area contributed by atoms with Crippen LogP contribution in [0.4, 0.5) is 0 Å². The van der Waals surface area contributed by atoms with Crippen LogP contribution in [0.3, 0.4) is 0 Å². The molecular weight excluding hydrogens is 158 g/mol. The fraction of sp³-hybridized carbons (Fsp3) is 0.417. The van der Waals surface area contributed by atoms with Crippen LogP contribution in [0, 0.1) is 32.1 Å². The molecule has 1 atom stereocenters. The van der Waals surface area contributed by atoms with E-state index in [4.69, 9.17) is 5.26 Å². The molecular formula is C12H15N. The smallest absolute Gasteiger partial charge is 0.0701 e. The van der Waals surface area contributed by atoms with Crippen molar-refractivity contribution in [3.8, 4) is 6.07 Å². The molecule has 0 amide bonds. The van der Waals surface area contributed by atoms with Crippen molar-refractivity contribution in [2.75, 3.05) is 0 Å². The number of aryl methyl sites for hydroxylation is 3. The van der Waals surface area contributed by atoms with Crippen molar-refractivity contribution in [1.29, 1.82) is 5.26 Å². The first-order chi connectivity index (χ1) is 6.06. The highest BCUT2D eigenvalue weighted by atomic mass is 14.3. The number of rotatable bonds is 1. The van der Waals surface area contributed by atoms with Crippen LogP contribution in [0.15, 0.2) is 12.1 Å². The predicted octanol–water partition coefficient (Wildman–Crippen LogP) is 3.24. The van der Waals surface area contributed by atoms with E-state index in [1.165, 1.54) is 16.7 Å². The fourth-order valence-corrected chi connectivity index (χ4v) is 1.52. The third-order valence-corrected chi connectivity index (χ3v) is 2.54. The number of hydrogen-bond acceptors (Lipinski definition) is 1. The summed E-state index contributed by atoms with van der Waals surface area (Å²) in [5.74, 6) is -0.000648. The van der Waals surface area contributed by atoms with Crippen molar-refractivity contribution < 1.29 is 0 Å². The number of nitrogens with zero attached hydrogens (tertiary/aromatic N) is 1. The van der Waals surface area contributed by atoms with Crippen molar-refractivity contribution in [2.24, 2.45) is 0 Å². The summed E-state index contributed by atoms with van der Waals surface area (Å²) in [6.45, 7) is 8.19. The molecule has 0 saturated carbocycles. The molecule has 0 aliphatic carbocycles. The van der Waals surface area contributed by atoms with E-state index < -0.39 is 0 Å². The summed E-state index contributed by atoms with van der Waals surface area (Å²) >= 11 is 0. The molecule has 0 spiro atoms. The number of nitriles is 1. The molecule has 0 saturated heterocycles. The maximum absolute atomic E-state index is 8.82. The zero-order valence-electron chi connectivity index (χ0n) is 8.68. The summed E-state index contributed by atoms with van der Waals surface area (Å²) in [5, 5.41) is 8.82. The minimum Gasteiger partial charge on any atom is -0.198 e. The second-order valence-corrected chi connectivity index (χ2v) is 3.64. The van der Waals surface area contributed by atoms with E-state index in [1.54, 1.807) is 0 Å². The summed E-state index contributed by atoms with van der Waals surface area (Å²) in [6.07, 6.45) is 0. The van der Waals surface area contributed by atoms with E-state index in [1.807, 2.05) is 6.92 Å². The summed E-state index contributed by atoms with van der Waals surface area (Å²) in [7, 11) is 0. The Balaban J connectivity index is 3.25. The highest BCUT2D eigenvalue weighted by molar-refractivity contribution is 5.39. The van der Waals surface area contributed by atoms with Crippen molar-refractivity contribution in [1.82, 2.24) is 0 Å². The van der Waals surface area contributed by atoms with Gasteiger partial charge in [0.2, 0.25) is 0 Å². The first-order valence-corrected chi connectivity index (χ1v) is 4.53. The Labute approximate surface area is 80.0 Å². The molecule has 13 heavy (non-hydrogen) atoms. The molecule has 1 aromatic rings. The van der Waals surface area contributed by atoms with Gasteiger partial charge in [0.15, 0.2) is 0 Å². The van der Waals surface area contributed by atoms with Gasteiger partial charge in [-0.05, 0) is 49.9 Å². The highest BCUT2D eigenvalue weighted by Crippen LogP contribution is 2.22. The monoisotopic (exact) mass is 173 g/mol. The standard InChI is InChI=1S/C12H15N/c1-8-5-10(3)12(6-9(8)2)11(4)7-13/h5-6,11H,1-4H3. The lowest BCUT2D eigenvalue weighted by Gasteiger charge is -2.10. The maximum Gasteiger partial charge on any atom is 0.0701 e. The van der Waals surface area contributed by atoms with Crippen molar-refractivity contribution >= 4 is 0 Å². The second kappa shape index (κ2) is 3.62. The molecule has 1 rings (SSSR count). The van der Waals surface area contributed by atoms with E-state index >= 15 is 0 Å². The summed E-state index contributed by atoms with van der Waals surface area (Å²) in [5.41, 5.74) is 4.94. The zero-order valence-corrected chi connectivity index (χ0v) is 8.68. The number of benzene rings is 1. The van der Waals surface area contributed by atoms with E-state index in [0.717, 1.165) is 5.56 Å². The van der Waals surface area contributed by atoms with Crippen LogP contribution in [-0.2, 0) is 0 Å². The van der Waals surface area contributed by atoms with Gasteiger partial charge in [0.25, 0.3) is 0 Å². The van der Waals surface area contributed by atoms with Crippen LogP contribution < -0.4 is 0 Å². The Hall–Kier alpha value is -1.29. The Bertz CT molecular complexity index is 358. The minimum absolute atomic E-state index is 0.000648. The average Bonchev–Trinajstić information content (AvgIpc) is 2.10. The molecule has 0 fully saturated rings. The molecule has 1 aromatic carbocycles. The van der Waals surface area contributed by atoms with E-state index in [9.17, 15) is 0 Å². The SMILES string of the molecule is Cc1cc(C)c(C(C)C#N)cc1C. The maximum atomic E-state index is 8.82. The Morgan fingerprint density at radius 1 is 1.08 bits per heavy atom. The lowest BCUT2D eigenvalue weighted by Crippen LogP contribution is -1.96. The number of hydrogen-bond donors (Lipinski definition) is 0.